The number of aromatic hydroxyl groups is 1. The summed E-state index contributed by atoms with van der Waals surface area (Å²) in [5, 5.41) is 13.6. The quantitative estimate of drug-likeness (QED) is 0.696. The van der Waals surface area contributed by atoms with E-state index in [-0.39, 0.29) is 0 Å². The van der Waals surface area contributed by atoms with Gasteiger partial charge in [-0.25, -0.2) is 5.32 Å². The van der Waals surface area contributed by atoms with Gasteiger partial charge in [0.15, 0.2) is 0 Å². The summed E-state index contributed by atoms with van der Waals surface area (Å²) in [7, 11) is 0. The second-order valence-electron chi connectivity index (χ2n) is 3.54. The Labute approximate surface area is 78.6 Å². The van der Waals surface area contributed by atoms with Crippen LogP contribution in [-0.2, 0) is 0 Å². The van der Waals surface area contributed by atoms with Crippen LogP contribution in [0.25, 0.3) is 0 Å². The van der Waals surface area contributed by atoms with Crippen LogP contribution in [-0.4, -0.2) is 18.2 Å². The Kier molecular flexibility index (Phi) is 2.50. The Hall–Kier alpha value is -1.02. The summed E-state index contributed by atoms with van der Waals surface area (Å²) in [4.78, 5) is 0. The van der Waals surface area contributed by atoms with Crippen molar-refractivity contribution in [3.05, 3.63) is 29.8 Å². The molecule has 1 aliphatic heterocycles. The van der Waals surface area contributed by atoms with Gasteiger partial charge in [0.25, 0.3) is 0 Å². The first-order valence-corrected chi connectivity index (χ1v) is 4.78. The predicted octanol–water partition coefficient (Wildman–Crippen LogP) is 1.87. The molecule has 0 aromatic heterocycles. The van der Waals surface area contributed by atoms with Crippen LogP contribution in [0.4, 0.5) is 0 Å². The topological polar surface area (TPSA) is 34.3 Å². The average molecular weight is 176 g/mol. The minimum Gasteiger partial charge on any atom is -0.508 e. The molecule has 0 saturated carbocycles. The fourth-order valence-electron chi connectivity index (χ4n) is 1.86. The summed E-state index contributed by atoms with van der Waals surface area (Å²) in [5.74, 6) is 0.976. The van der Waals surface area contributed by atoms with Crippen molar-refractivity contribution in [3.8, 4) is 5.75 Å². The van der Waals surface area contributed by atoms with Crippen molar-refractivity contribution in [2.45, 2.75) is 18.8 Å². The molecule has 69 valence electrons. The van der Waals surface area contributed by atoms with E-state index in [0.717, 1.165) is 25.9 Å². The van der Waals surface area contributed by atoms with Crippen LogP contribution in [0.2, 0.25) is 0 Å². The number of nitrogens with zero attached hydrogens (tertiary/aromatic N) is 1. The monoisotopic (exact) mass is 176 g/mol. The van der Waals surface area contributed by atoms with Crippen LogP contribution in [0.15, 0.2) is 24.3 Å². The molecule has 0 aliphatic carbocycles. The van der Waals surface area contributed by atoms with Gasteiger partial charge in [-0.3, -0.25) is 0 Å². The number of piperidine rings is 1. The van der Waals surface area contributed by atoms with E-state index in [1.807, 2.05) is 12.1 Å². The van der Waals surface area contributed by atoms with Crippen molar-refractivity contribution in [2.75, 3.05) is 13.1 Å². The Morgan fingerprint density at radius 2 is 2.00 bits per heavy atom. The molecule has 2 heteroatoms. The maximum atomic E-state index is 9.32. The van der Waals surface area contributed by atoms with E-state index >= 15 is 0 Å². The van der Waals surface area contributed by atoms with Gasteiger partial charge in [0.2, 0.25) is 0 Å². The molecular formula is C11H14NO. The van der Waals surface area contributed by atoms with E-state index in [2.05, 4.69) is 11.4 Å². The standard InChI is InChI=1S/C11H14NO/c13-11-3-1-2-10(8-11)9-4-6-12-7-5-9/h1-3,8-9,13H,4-7H2. The second kappa shape index (κ2) is 3.79. The van der Waals surface area contributed by atoms with Gasteiger partial charge in [-0.05, 0) is 36.5 Å². The first-order valence-electron chi connectivity index (χ1n) is 4.78. The number of phenols is 1. The molecule has 0 unspecified atom stereocenters. The summed E-state index contributed by atoms with van der Waals surface area (Å²) < 4.78 is 0. The summed E-state index contributed by atoms with van der Waals surface area (Å²) in [6.07, 6.45) is 2.26. The first-order chi connectivity index (χ1) is 6.36. The van der Waals surface area contributed by atoms with Gasteiger partial charge in [-0.2, -0.15) is 0 Å². The Morgan fingerprint density at radius 1 is 1.23 bits per heavy atom. The number of benzene rings is 1. The molecule has 0 bridgehead atoms. The Bertz CT molecular complexity index is 279. The third-order valence-electron chi connectivity index (χ3n) is 2.61. The summed E-state index contributed by atoms with van der Waals surface area (Å²) in [6.45, 7) is 1.95. The van der Waals surface area contributed by atoms with E-state index < -0.39 is 0 Å². The third kappa shape index (κ3) is 2.01. The molecular weight excluding hydrogens is 162 g/mol. The fraction of sp³-hybridized carbons (Fsp3) is 0.455. The molecule has 1 aromatic carbocycles. The maximum Gasteiger partial charge on any atom is 0.115 e. The highest BCUT2D eigenvalue weighted by atomic mass is 16.3. The lowest BCUT2D eigenvalue weighted by atomic mass is 9.90. The number of hydrogen-bond acceptors (Lipinski definition) is 1. The SMILES string of the molecule is Oc1cccc(C2CC[N]CC2)c1. The smallest absolute Gasteiger partial charge is 0.115 e. The van der Waals surface area contributed by atoms with Gasteiger partial charge in [0, 0.05) is 13.1 Å². The highest BCUT2D eigenvalue weighted by molar-refractivity contribution is 5.29. The van der Waals surface area contributed by atoms with E-state index in [9.17, 15) is 5.11 Å². The Morgan fingerprint density at radius 3 is 2.69 bits per heavy atom. The predicted molar refractivity (Wildman–Crippen MR) is 51.9 cm³/mol. The van der Waals surface area contributed by atoms with Crippen molar-refractivity contribution in [2.24, 2.45) is 0 Å². The van der Waals surface area contributed by atoms with Crippen LogP contribution in [0.1, 0.15) is 24.3 Å². The highest BCUT2D eigenvalue weighted by Gasteiger charge is 2.15. The van der Waals surface area contributed by atoms with Gasteiger partial charge < -0.3 is 5.11 Å². The van der Waals surface area contributed by atoms with E-state index in [1.54, 1.807) is 6.07 Å². The van der Waals surface area contributed by atoms with Crippen LogP contribution in [0.3, 0.4) is 0 Å². The summed E-state index contributed by atoms with van der Waals surface area (Å²) >= 11 is 0. The average Bonchev–Trinajstić information content (AvgIpc) is 2.19. The van der Waals surface area contributed by atoms with Crippen LogP contribution in [0, 0.1) is 0 Å². The van der Waals surface area contributed by atoms with Crippen molar-refractivity contribution < 1.29 is 5.11 Å². The van der Waals surface area contributed by atoms with E-state index in [1.165, 1.54) is 5.56 Å². The molecule has 2 rings (SSSR count). The Balaban J connectivity index is 2.14. The fourth-order valence-corrected chi connectivity index (χ4v) is 1.86. The maximum absolute atomic E-state index is 9.32. The molecule has 1 saturated heterocycles. The lowest BCUT2D eigenvalue weighted by molar-refractivity contribution is 0.446. The van der Waals surface area contributed by atoms with Crippen molar-refractivity contribution in [1.82, 2.24) is 5.32 Å². The van der Waals surface area contributed by atoms with E-state index in [0.29, 0.717) is 11.7 Å². The summed E-state index contributed by atoms with van der Waals surface area (Å²) in [6, 6.07) is 7.60. The molecule has 1 aromatic rings. The zero-order chi connectivity index (χ0) is 9.10. The second-order valence-corrected chi connectivity index (χ2v) is 3.54. The zero-order valence-corrected chi connectivity index (χ0v) is 7.61. The minimum atomic E-state index is 0.375. The largest absolute Gasteiger partial charge is 0.508 e. The first kappa shape index (κ1) is 8.57. The zero-order valence-electron chi connectivity index (χ0n) is 7.61. The molecule has 0 atom stereocenters. The molecule has 0 amide bonds. The number of phenolic OH excluding ortho intramolecular Hbond substituents is 1. The van der Waals surface area contributed by atoms with Crippen molar-refractivity contribution in [1.29, 1.82) is 0 Å². The van der Waals surface area contributed by atoms with Gasteiger partial charge in [-0.15, -0.1) is 0 Å². The molecule has 1 N–H and O–H groups in total. The van der Waals surface area contributed by atoms with Gasteiger partial charge in [0.1, 0.15) is 5.75 Å². The van der Waals surface area contributed by atoms with Crippen molar-refractivity contribution >= 4 is 0 Å². The molecule has 1 radical (unpaired) electrons. The molecule has 2 nitrogen and oxygen atoms in total. The summed E-state index contributed by atoms with van der Waals surface area (Å²) in [5.41, 5.74) is 1.26. The van der Waals surface area contributed by atoms with Gasteiger partial charge in [0.05, 0.1) is 0 Å². The van der Waals surface area contributed by atoms with Crippen LogP contribution >= 0.6 is 0 Å². The molecule has 13 heavy (non-hydrogen) atoms. The minimum absolute atomic E-state index is 0.375. The molecule has 1 fully saturated rings. The lowest BCUT2D eigenvalue weighted by Crippen LogP contribution is -2.20. The number of hydrogen-bond donors (Lipinski definition) is 1. The molecule has 0 spiro atoms. The number of rotatable bonds is 1. The van der Waals surface area contributed by atoms with E-state index in [4.69, 9.17) is 0 Å². The highest BCUT2D eigenvalue weighted by Crippen LogP contribution is 2.27. The third-order valence-corrected chi connectivity index (χ3v) is 2.61. The van der Waals surface area contributed by atoms with Gasteiger partial charge >= 0.3 is 0 Å². The molecule has 1 heterocycles. The van der Waals surface area contributed by atoms with Crippen LogP contribution in [0.5, 0.6) is 5.75 Å². The van der Waals surface area contributed by atoms with Gasteiger partial charge in [-0.1, -0.05) is 12.1 Å². The van der Waals surface area contributed by atoms with Crippen LogP contribution < -0.4 is 5.32 Å². The lowest BCUT2D eigenvalue weighted by Gasteiger charge is -2.21. The van der Waals surface area contributed by atoms with Crippen molar-refractivity contribution in [3.63, 3.8) is 0 Å². The molecule has 1 aliphatic rings. The normalized spacial score (nSPS) is 18.8.